The number of rotatable bonds is 8. The van der Waals surface area contributed by atoms with Crippen LogP contribution in [0.2, 0.25) is 0 Å². The molecule has 4 nitrogen and oxygen atoms in total. The maximum atomic E-state index is 3.59. The van der Waals surface area contributed by atoms with Crippen LogP contribution in [0.1, 0.15) is 6.42 Å². The summed E-state index contributed by atoms with van der Waals surface area (Å²) >= 11 is 0. The minimum atomic E-state index is 0.274. The molecule has 0 saturated carbocycles. The fraction of sp³-hybridized carbons (Fsp3) is 0.0667. The molecule has 0 fully saturated rings. The molecule has 1 aliphatic rings. The van der Waals surface area contributed by atoms with E-state index in [1.54, 1.807) is 0 Å². The summed E-state index contributed by atoms with van der Waals surface area (Å²) < 4.78 is 0. The van der Waals surface area contributed by atoms with E-state index in [4.69, 9.17) is 0 Å². The van der Waals surface area contributed by atoms with Crippen LogP contribution in [-0.4, -0.2) is 6.04 Å². The monoisotopic (exact) mass is 444 g/mol. The highest BCUT2D eigenvalue weighted by atomic mass is 14.9. The minimum Gasteiger partial charge on any atom is -0.379 e. The first-order chi connectivity index (χ1) is 16.8. The number of nitrogens with one attached hydrogen (secondary N) is 4. The second-order valence-electron chi connectivity index (χ2n) is 8.27. The fourth-order valence-electron chi connectivity index (χ4n) is 3.86. The standard InChI is InChI=1S/C30H28N4/c1-3-7-23(8-4-1)31-25-11-15-27(16-12-25)33-29-19-21-30(22-20-29)34-28-17-13-26(14-18-28)32-24-9-5-2-6-10-24/h1-21,30-34H,22H2. The second-order valence-corrected chi connectivity index (χ2v) is 8.27. The van der Waals surface area contributed by atoms with Crippen molar-refractivity contribution in [3.8, 4) is 0 Å². The highest BCUT2D eigenvalue weighted by Gasteiger charge is 2.09. The summed E-state index contributed by atoms with van der Waals surface area (Å²) in [4.78, 5) is 0. The molecule has 4 aromatic rings. The number of hydrogen-bond acceptors (Lipinski definition) is 4. The van der Waals surface area contributed by atoms with Gasteiger partial charge >= 0.3 is 0 Å². The summed E-state index contributed by atoms with van der Waals surface area (Å²) in [5.74, 6) is 0. The zero-order chi connectivity index (χ0) is 23.0. The lowest BCUT2D eigenvalue weighted by atomic mass is 10.1. The van der Waals surface area contributed by atoms with Crippen molar-refractivity contribution in [3.05, 3.63) is 133 Å². The van der Waals surface area contributed by atoms with E-state index in [9.17, 15) is 0 Å². The van der Waals surface area contributed by atoms with Gasteiger partial charge in [-0.25, -0.2) is 0 Å². The van der Waals surface area contributed by atoms with Crippen LogP contribution in [0.3, 0.4) is 0 Å². The molecule has 1 atom stereocenters. The van der Waals surface area contributed by atoms with Crippen LogP contribution in [0.15, 0.2) is 133 Å². The Morgan fingerprint density at radius 1 is 0.471 bits per heavy atom. The van der Waals surface area contributed by atoms with Crippen LogP contribution >= 0.6 is 0 Å². The molecule has 4 heteroatoms. The zero-order valence-electron chi connectivity index (χ0n) is 18.9. The number of anilines is 6. The van der Waals surface area contributed by atoms with Gasteiger partial charge in [-0.2, -0.15) is 0 Å². The van der Waals surface area contributed by atoms with Gasteiger partial charge in [-0.1, -0.05) is 48.6 Å². The lowest BCUT2D eigenvalue weighted by Gasteiger charge is -2.20. The van der Waals surface area contributed by atoms with E-state index in [1.165, 1.54) is 0 Å². The molecule has 0 heterocycles. The molecule has 0 spiro atoms. The molecule has 4 N–H and O–H groups in total. The van der Waals surface area contributed by atoms with E-state index in [0.29, 0.717) is 0 Å². The smallest absolute Gasteiger partial charge is 0.0483 e. The van der Waals surface area contributed by atoms with Crippen molar-refractivity contribution >= 4 is 34.1 Å². The van der Waals surface area contributed by atoms with E-state index in [1.807, 2.05) is 36.4 Å². The summed E-state index contributed by atoms with van der Waals surface area (Å²) in [6.07, 6.45) is 7.52. The molecule has 0 amide bonds. The fourth-order valence-corrected chi connectivity index (χ4v) is 3.86. The van der Waals surface area contributed by atoms with Crippen LogP contribution in [0, 0.1) is 0 Å². The van der Waals surface area contributed by atoms with Crippen molar-refractivity contribution in [2.45, 2.75) is 12.5 Å². The molecule has 1 unspecified atom stereocenters. The van der Waals surface area contributed by atoms with E-state index >= 15 is 0 Å². The molecule has 0 saturated heterocycles. The molecule has 1 aliphatic carbocycles. The molecular formula is C30H28N4. The molecule has 0 bridgehead atoms. The van der Waals surface area contributed by atoms with Crippen LogP contribution in [-0.2, 0) is 0 Å². The van der Waals surface area contributed by atoms with Crippen molar-refractivity contribution in [2.75, 3.05) is 21.3 Å². The van der Waals surface area contributed by atoms with Gasteiger partial charge in [0.15, 0.2) is 0 Å². The molecule has 4 aromatic carbocycles. The summed E-state index contributed by atoms with van der Waals surface area (Å²) in [6, 6.07) is 37.5. The molecule has 0 aliphatic heterocycles. The summed E-state index contributed by atoms with van der Waals surface area (Å²) in [6.45, 7) is 0. The second kappa shape index (κ2) is 10.5. The lowest BCUT2D eigenvalue weighted by Crippen LogP contribution is -2.19. The Morgan fingerprint density at radius 2 is 0.912 bits per heavy atom. The van der Waals surface area contributed by atoms with Gasteiger partial charge in [0.2, 0.25) is 0 Å². The van der Waals surface area contributed by atoms with E-state index in [2.05, 4.69) is 112 Å². The van der Waals surface area contributed by atoms with E-state index in [-0.39, 0.29) is 6.04 Å². The van der Waals surface area contributed by atoms with Gasteiger partial charge in [0.1, 0.15) is 0 Å². The van der Waals surface area contributed by atoms with Crippen LogP contribution in [0.5, 0.6) is 0 Å². The van der Waals surface area contributed by atoms with Crippen molar-refractivity contribution in [2.24, 2.45) is 0 Å². The maximum Gasteiger partial charge on any atom is 0.0483 e. The first-order valence-corrected chi connectivity index (χ1v) is 11.6. The number of para-hydroxylation sites is 2. The quantitative estimate of drug-likeness (QED) is 0.223. The van der Waals surface area contributed by atoms with Crippen molar-refractivity contribution in [3.63, 3.8) is 0 Å². The van der Waals surface area contributed by atoms with Gasteiger partial charge in [0, 0.05) is 45.9 Å². The van der Waals surface area contributed by atoms with Crippen molar-refractivity contribution < 1.29 is 0 Å². The number of hydrogen-bond donors (Lipinski definition) is 4. The highest BCUT2D eigenvalue weighted by molar-refractivity contribution is 5.64. The molecule has 0 radical (unpaired) electrons. The predicted octanol–water partition coefficient (Wildman–Crippen LogP) is 7.91. The Labute approximate surface area is 201 Å². The van der Waals surface area contributed by atoms with Gasteiger partial charge in [0.05, 0.1) is 0 Å². The van der Waals surface area contributed by atoms with Gasteiger partial charge < -0.3 is 21.3 Å². The summed E-state index contributed by atoms with van der Waals surface area (Å²) in [5, 5.41) is 13.9. The molecule has 34 heavy (non-hydrogen) atoms. The normalized spacial score (nSPS) is 14.7. The van der Waals surface area contributed by atoms with Gasteiger partial charge in [0.25, 0.3) is 0 Å². The Hall–Kier alpha value is -4.44. The SMILES string of the molecule is C1=CC(Nc2ccc(Nc3ccccc3)cc2)CC=C1Nc1ccc(Nc2ccccc2)cc1. The van der Waals surface area contributed by atoms with Crippen LogP contribution in [0.25, 0.3) is 0 Å². The predicted molar refractivity (Wildman–Crippen MR) is 145 cm³/mol. The molecule has 0 aromatic heterocycles. The molecule has 5 rings (SSSR count). The first kappa shape index (κ1) is 21.4. The third-order valence-corrected chi connectivity index (χ3v) is 5.64. The van der Waals surface area contributed by atoms with Crippen LogP contribution < -0.4 is 21.3 Å². The third kappa shape index (κ3) is 5.87. The third-order valence-electron chi connectivity index (χ3n) is 5.64. The number of benzene rings is 4. The van der Waals surface area contributed by atoms with E-state index in [0.717, 1.165) is 46.2 Å². The zero-order valence-corrected chi connectivity index (χ0v) is 18.9. The van der Waals surface area contributed by atoms with E-state index < -0.39 is 0 Å². The Kier molecular flexibility index (Phi) is 6.58. The Balaban J connectivity index is 1.11. The van der Waals surface area contributed by atoms with Gasteiger partial charge in [-0.3, -0.25) is 0 Å². The Morgan fingerprint density at radius 3 is 1.38 bits per heavy atom. The largest absolute Gasteiger partial charge is 0.379 e. The summed E-state index contributed by atoms with van der Waals surface area (Å²) in [7, 11) is 0. The average Bonchev–Trinajstić information content (AvgIpc) is 2.89. The Bertz CT molecular complexity index is 1240. The topological polar surface area (TPSA) is 48.1 Å². The average molecular weight is 445 g/mol. The first-order valence-electron chi connectivity index (χ1n) is 11.6. The summed E-state index contributed by atoms with van der Waals surface area (Å²) in [5.41, 5.74) is 7.62. The molecule has 168 valence electrons. The highest BCUT2D eigenvalue weighted by Crippen LogP contribution is 2.23. The minimum absolute atomic E-state index is 0.274. The van der Waals surface area contributed by atoms with Crippen molar-refractivity contribution in [1.82, 2.24) is 0 Å². The lowest BCUT2D eigenvalue weighted by molar-refractivity contribution is 0.875. The van der Waals surface area contributed by atoms with Crippen LogP contribution in [0.4, 0.5) is 34.1 Å². The van der Waals surface area contributed by atoms with Gasteiger partial charge in [-0.05, 0) is 85.3 Å². The van der Waals surface area contributed by atoms with Crippen molar-refractivity contribution in [1.29, 1.82) is 0 Å². The molecular weight excluding hydrogens is 416 g/mol. The van der Waals surface area contributed by atoms with Gasteiger partial charge in [-0.15, -0.1) is 0 Å². The maximum absolute atomic E-state index is 3.59. The number of allylic oxidation sites excluding steroid dienone is 1.